The fourth-order valence-electron chi connectivity index (χ4n) is 2.92. The van der Waals surface area contributed by atoms with E-state index in [-0.39, 0.29) is 0 Å². The number of allylic oxidation sites excluding steroid dienone is 1. The molecule has 0 bridgehead atoms. The standard InChI is InChI=1S/C10H10N6/c1-2-4-5-3-6-8(7(4)5)11-12-9(6)10-13-15-16-14-10/h2,4-5,7H,1,3H2,(H,11,12)(H,13,14,15,16). The van der Waals surface area contributed by atoms with Crippen LogP contribution in [-0.2, 0) is 6.42 Å². The molecule has 2 heterocycles. The van der Waals surface area contributed by atoms with E-state index >= 15 is 0 Å². The minimum Gasteiger partial charge on any atom is -0.274 e. The number of H-pyrrole nitrogens is 2. The fraction of sp³-hybridized carbons (Fsp3) is 0.400. The molecule has 3 atom stereocenters. The zero-order valence-corrected chi connectivity index (χ0v) is 8.51. The number of nitrogens with one attached hydrogen (secondary N) is 2. The van der Waals surface area contributed by atoms with Crippen molar-refractivity contribution < 1.29 is 0 Å². The van der Waals surface area contributed by atoms with Crippen molar-refractivity contribution >= 4 is 0 Å². The Morgan fingerprint density at radius 2 is 2.31 bits per heavy atom. The zero-order chi connectivity index (χ0) is 10.7. The molecular weight excluding hydrogens is 204 g/mol. The molecule has 6 heteroatoms. The van der Waals surface area contributed by atoms with Crippen molar-refractivity contribution in [3.8, 4) is 11.5 Å². The first-order valence-corrected chi connectivity index (χ1v) is 5.33. The SMILES string of the molecule is C=CC1C2Cc3c(n[nH]c3-c3nn[nH]n3)C12. The quantitative estimate of drug-likeness (QED) is 0.719. The lowest BCUT2D eigenvalue weighted by Gasteiger charge is -1.98. The maximum atomic E-state index is 4.38. The highest BCUT2D eigenvalue weighted by Gasteiger charge is 2.56. The van der Waals surface area contributed by atoms with Crippen LogP contribution in [0.3, 0.4) is 0 Å². The molecule has 2 aromatic heterocycles. The van der Waals surface area contributed by atoms with Gasteiger partial charge in [0.2, 0.25) is 5.82 Å². The van der Waals surface area contributed by atoms with E-state index < -0.39 is 0 Å². The summed E-state index contributed by atoms with van der Waals surface area (Å²) in [7, 11) is 0. The van der Waals surface area contributed by atoms with Gasteiger partial charge >= 0.3 is 0 Å². The molecule has 2 aromatic rings. The Labute approximate surface area is 91.1 Å². The average Bonchev–Trinajstić information content (AvgIpc) is 2.73. The van der Waals surface area contributed by atoms with E-state index in [9.17, 15) is 0 Å². The molecule has 0 radical (unpaired) electrons. The lowest BCUT2D eigenvalue weighted by atomic mass is 10.1. The van der Waals surface area contributed by atoms with Gasteiger partial charge in [0.25, 0.3) is 0 Å². The van der Waals surface area contributed by atoms with Gasteiger partial charge in [-0.15, -0.1) is 16.8 Å². The first kappa shape index (κ1) is 8.20. The summed E-state index contributed by atoms with van der Waals surface area (Å²) in [5.41, 5.74) is 3.35. The molecule has 0 aromatic carbocycles. The molecule has 4 rings (SSSR count). The molecular formula is C10H10N6. The number of aromatic nitrogens is 6. The highest BCUT2D eigenvalue weighted by atomic mass is 15.5. The summed E-state index contributed by atoms with van der Waals surface area (Å²) in [6.07, 6.45) is 3.10. The van der Waals surface area contributed by atoms with Gasteiger partial charge in [-0.1, -0.05) is 6.08 Å². The van der Waals surface area contributed by atoms with Crippen LogP contribution in [0.25, 0.3) is 11.5 Å². The molecule has 2 N–H and O–H groups in total. The summed E-state index contributed by atoms with van der Waals surface area (Å²) in [5.74, 6) is 2.50. The normalized spacial score (nSPS) is 29.9. The van der Waals surface area contributed by atoms with E-state index in [2.05, 4.69) is 37.4 Å². The smallest absolute Gasteiger partial charge is 0.222 e. The summed E-state index contributed by atoms with van der Waals surface area (Å²) in [6.45, 7) is 3.86. The van der Waals surface area contributed by atoms with Crippen molar-refractivity contribution in [3.63, 3.8) is 0 Å². The maximum Gasteiger partial charge on any atom is 0.222 e. The highest BCUT2D eigenvalue weighted by molar-refractivity contribution is 5.60. The Kier molecular flexibility index (Phi) is 1.32. The number of aromatic amines is 2. The van der Waals surface area contributed by atoms with Gasteiger partial charge in [-0.3, -0.25) is 5.10 Å². The number of nitrogens with zero attached hydrogens (tertiary/aromatic N) is 4. The van der Waals surface area contributed by atoms with Gasteiger partial charge in [-0.05, 0) is 23.5 Å². The number of fused-ring (bicyclic) bond motifs is 3. The monoisotopic (exact) mass is 214 g/mol. The van der Waals surface area contributed by atoms with Crippen LogP contribution in [-0.4, -0.2) is 30.8 Å². The van der Waals surface area contributed by atoms with Gasteiger partial charge in [-0.25, -0.2) is 0 Å². The third kappa shape index (κ3) is 0.827. The number of tetrazole rings is 1. The predicted octanol–water partition coefficient (Wildman–Crippen LogP) is 0.661. The summed E-state index contributed by atoms with van der Waals surface area (Å²) in [4.78, 5) is 0. The largest absolute Gasteiger partial charge is 0.274 e. The maximum absolute atomic E-state index is 4.38. The van der Waals surface area contributed by atoms with Gasteiger partial charge in [0, 0.05) is 11.5 Å². The minimum absolute atomic E-state index is 0.574. The number of rotatable bonds is 2. The van der Waals surface area contributed by atoms with Gasteiger partial charge in [-0.2, -0.15) is 10.3 Å². The van der Waals surface area contributed by atoms with E-state index in [1.54, 1.807) is 0 Å². The Hall–Kier alpha value is -1.98. The molecule has 0 spiro atoms. The van der Waals surface area contributed by atoms with Crippen LogP contribution in [0.4, 0.5) is 0 Å². The van der Waals surface area contributed by atoms with E-state index in [1.807, 2.05) is 6.08 Å². The second-order valence-corrected chi connectivity index (χ2v) is 4.40. The van der Waals surface area contributed by atoms with E-state index in [0.717, 1.165) is 12.1 Å². The highest BCUT2D eigenvalue weighted by Crippen LogP contribution is 2.62. The molecule has 0 aliphatic heterocycles. The first-order chi connectivity index (χ1) is 7.90. The van der Waals surface area contributed by atoms with Gasteiger partial charge in [0.05, 0.1) is 5.69 Å². The Morgan fingerprint density at radius 1 is 1.38 bits per heavy atom. The van der Waals surface area contributed by atoms with Crippen molar-refractivity contribution in [2.24, 2.45) is 11.8 Å². The second kappa shape index (κ2) is 2.58. The average molecular weight is 214 g/mol. The summed E-state index contributed by atoms with van der Waals surface area (Å²) >= 11 is 0. The molecule has 16 heavy (non-hydrogen) atoms. The zero-order valence-electron chi connectivity index (χ0n) is 8.51. The van der Waals surface area contributed by atoms with Crippen molar-refractivity contribution in [3.05, 3.63) is 23.9 Å². The lowest BCUT2D eigenvalue weighted by molar-refractivity contribution is 0.798. The van der Waals surface area contributed by atoms with Crippen LogP contribution in [0.5, 0.6) is 0 Å². The molecule has 1 fully saturated rings. The fourth-order valence-corrected chi connectivity index (χ4v) is 2.92. The topological polar surface area (TPSA) is 83.1 Å². The van der Waals surface area contributed by atoms with Crippen LogP contribution >= 0.6 is 0 Å². The summed E-state index contributed by atoms with van der Waals surface area (Å²) in [6, 6.07) is 0. The third-order valence-corrected chi connectivity index (χ3v) is 3.73. The number of hydrogen-bond acceptors (Lipinski definition) is 4. The molecule has 1 saturated carbocycles. The summed E-state index contributed by atoms with van der Waals surface area (Å²) in [5, 5.41) is 21.4. The van der Waals surface area contributed by atoms with Crippen LogP contribution in [0.15, 0.2) is 12.7 Å². The van der Waals surface area contributed by atoms with Gasteiger partial charge in [0.1, 0.15) is 5.69 Å². The molecule has 3 unspecified atom stereocenters. The first-order valence-electron chi connectivity index (χ1n) is 5.33. The molecule has 0 amide bonds. The third-order valence-electron chi connectivity index (χ3n) is 3.73. The van der Waals surface area contributed by atoms with Crippen LogP contribution < -0.4 is 0 Å². The van der Waals surface area contributed by atoms with Crippen molar-refractivity contribution in [1.82, 2.24) is 30.8 Å². The van der Waals surface area contributed by atoms with Crippen LogP contribution in [0, 0.1) is 11.8 Å². The van der Waals surface area contributed by atoms with Crippen molar-refractivity contribution in [2.75, 3.05) is 0 Å². The Balaban J connectivity index is 1.80. The minimum atomic E-state index is 0.574. The second-order valence-electron chi connectivity index (χ2n) is 4.40. The summed E-state index contributed by atoms with van der Waals surface area (Å²) < 4.78 is 0. The van der Waals surface area contributed by atoms with Gasteiger partial charge in [0.15, 0.2) is 0 Å². The van der Waals surface area contributed by atoms with E-state index in [1.165, 1.54) is 11.3 Å². The Morgan fingerprint density at radius 3 is 3.06 bits per heavy atom. The van der Waals surface area contributed by atoms with Crippen LogP contribution in [0.1, 0.15) is 17.2 Å². The van der Waals surface area contributed by atoms with Gasteiger partial charge < -0.3 is 0 Å². The number of hydrogen-bond donors (Lipinski definition) is 2. The molecule has 80 valence electrons. The molecule has 6 nitrogen and oxygen atoms in total. The molecule has 2 aliphatic carbocycles. The molecule has 2 aliphatic rings. The Bertz CT molecular complexity index is 554. The van der Waals surface area contributed by atoms with Crippen molar-refractivity contribution in [2.45, 2.75) is 12.3 Å². The molecule has 0 saturated heterocycles. The van der Waals surface area contributed by atoms with Crippen molar-refractivity contribution in [1.29, 1.82) is 0 Å². The van der Waals surface area contributed by atoms with E-state index in [0.29, 0.717) is 23.6 Å². The lowest BCUT2D eigenvalue weighted by Crippen LogP contribution is -1.92. The van der Waals surface area contributed by atoms with Crippen LogP contribution in [0.2, 0.25) is 0 Å². The predicted molar refractivity (Wildman–Crippen MR) is 55.4 cm³/mol. The van der Waals surface area contributed by atoms with E-state index in [4.69, 9.17) is 0 Å².